The zero-order chi connectivity index (χ0) is 17.1. The third kappa shape index (κ3) is 4.31. The summed E-state index contributed by atoms with van der Waals surface area (Å²) in [6, 6.07) is 5.42. The van der Waals surface area contributed by atoms with Crippen LogP contribution in [0.2, 0.25) is 0 Å². The summed E-state index contributed by atoms with van der Waals surface area (Å²) in [6.07, 6.45) is 1.94. The fourth-order valence-corrected chi connectivity index (χ4v) is 2.67. The molecule has 1 aliphatic rings. The maximum atomic E-state index is 12.3. The molecule has 9 nitrogen and oxygen atoms in total. The van der Waals surface area contributed by atoms with Gasteiger partial charge in [-0.2, -0.15) is 10.1 Å². The number of carbonyl (C=O) groups excluding carboxylic acids is 1. The highest BCUT2D eigenvalue weighted by molar-refractivity contribution is 6.03. The molecule has 134 valence electrons. The number of nitrogens with one attached hydrogen (secondary N) is 2. The molecule has 0 saturated carbocycles. The quantitative estimate of drug-likeness (QED) is 0.630. The van der Waals surface area contributed by atoms with Gasteiger partial charge in [-0.15, -0.1) is 12.4 Å². The molecule has 25 heavy (non-hydrogen) atoms. The van der Waals surface area contributed by atoms with Gasteiger partial charge in [-0.05, 0) is 38.1 Å². The van der Waals surface area contributed by atoms with Gasteiger partial charge in [0.2, 0.25) is 5.95 Å². The maximum Gasteiger partial charge on any atom is 0.269 e. The Balaban J connectivity index is 0.00000225. The average Bonchev–Trinajstić information content (AvgIpc) is 2.96. The van der Waals surface area contributed by atoms with Gasteiger partial charge in [0, 0.05) is 30.7 Å². The molecule has 1 fully saturated rings. The van der Waals surface area contributed by atoms with Crippen molar-refractivity contribution in [3.63, 3.8) is 0 Å². The highest BCUT2D eigenvalue weighted by atomic mass is 35.5. The number of halogens is 1. The predicted octanol–water partition coefficient (Wildman–Crippen LogP) is 1.86. The number of non-ortho nitro benzene ring substituents is 1. The summed E-state index contributed by atoms with van der Waals surface area (Å²) in [5.41, 5.74) is 0.269. The number of carbonyl (C=O) groups is 1. The molecule has 0 radical (unpaired) electrons. The van der Waals surface area contributed by atoms with E-state index in [0.717, 1.165) is 31.8 Å². The first-order valence-corrected chi connectivity index (χ1v) is 7.72. The number of anilines is 1. The second-order valence-electron chi connectivity index (χ2n) is 5.70. The minimum absolute atomic E-state index is 0. The number of nitro benzene ring substituents is 1. The molecule has 0 spiro atoms. The molecule has 1 aromatic carbocycles. The van der Waals surface area contributed by atoms with Crippen LogP contribution in [0.25, 0.3) is 0 Å². The second-order valence-corrected chi connectivity index (χ2v) is 5.70. The van der Waals surface area contributed by atoms with E-state index < -0.39 is 4.92 Å². The van der Waals surface area contributed by atoms with Crippen LogP contribution in [0.3, 0.4) is 0 Å². The smallest absolute Gasteiger partial charge is 0.269 e. The Kier molecular flexibility index (Phi) is 6.05. The molecule has 1 aromatic heterocycles. The lowest BCUT2D eigenvalue weighted by Gasteiger charge is -2.19. The number of rotatable bonds is 4. The number of nitro groups is 1. The van der Waals surface area contributed by atoms with Crippen LogP contribution < -0.4 is 10.6 Å². The van der Waals surface area contributed by atoms with Crippen molar-refractivity contribution in [1.82, 2.24) is 20.1 Å². The predicted molar refractivity (Wildman–Crippen MR) is 94.1 cm³/mol. The number of aryl methyl sites for hydroxylation is 1. The number of nitrogens with zero attached hydrogens (tertiary/aromatic N) is 4. The first kappa shape index (κ1) is 18.8. The van der Waals surface area contributed by atoms with Crippen molar-refractivity contribution in [2.75, 3.05) is 18.4 Å². The Morgan fingerprint density at radius 2 is 1.96 bits per heavy atom. The summed E-state index contributed by atoms with van der Waals surface area (Å²) in [5, 5.41) is 21.0. The molecule has 1 amide bonds. The number of hydrogen-bond acceptors (Lipinski definition) is 6. The van der Waals surface area contributed by atoms with Gasteiger partial charge in [-0.1, -0.05) is 0 Å². The van der Waals surface area contributed by atoms with Crippen LogP contribution in [-0.4, -0.2) is 38.7 Å². The van der Waals surface area contributed by atoms with Crippen molar-refractivity contribution in [2.24, 2.45) is 7.05 Å². The Bertz CT molecular complexity index is 755. The van der Waals surface area contributed by atoms with Crippen LogP contribution >= 0.6 is 12.4 Å². The zero-order valence-electron chi connectivity index (χ0n) is 13.6. The molecule has 2 N–H and O–H groups in total. The molecular weight excluding hydrogens is 348 g/mol. The van der Waals surface area contributed by atoms with Gasteiger partial charge >= 0.3 is 0 Å². The van der Waals surface area contributed by atoms with Crippen molar-refractivity contribution in [3.8, 4) is 0 Å². The van der Waals surface area contributed by atoms with Crippen molar-refractivity contribution in [1.29, 1.82) is 0 Å². The van der Waals surface area contributed by atoms with E-state index >= 15 is 0 Å². The second kappa shape index (κ2) is 8.04. The first-order chi connectivity index (χ1) is 11.5. The minimum Gasteiger partial charge on any atom is -0.317 e. The van der Waals surface area contributed by atoms with Crippen LogP contribution in [0.5, 0.6) is 0 Å². The SMILES string of the molecule is Cl.Cn1nc(C2CCNCC2)nc1NC(=O)c1ccc([N+](=O)[O-])cc1. The van der Waals surface area contributed by atoms with Gasteiger partial charge in [0.25, 0.3) is 11.6 Å². The van der Waals surface area contributed by atoms with Gasteiger partial charge in [0.05, 0.1) is 4.92 Å². The van der Waals surface area contributed by atoms with Crippen LogP contribution in [0, 0.1) is 10.1 Å². The molecule has 2 aromatic rings. The third-order valence-corrected chi connectivity index (χ3v) is 4.05. The Labute approximate surface area is 150 Å². The number of aromatic nitrogens is 3. The minimum atomic E-state index is -0.504. The number of benzene rings is 1. The molecule has 10 heteroatoms. The monoisotopic (exact) mass is 366 g/mol. The topological polar surface area (TPSA) is 115 Å². The van der Waals surface area contributed by atoms with E-state index in [0.29, 0.717) is 17.4 Å². The number of piperidine rings is 1. The molecule has 1 saturated heterocycles. The summed E-state index contributed by atoms with van der Waals surface area (Å²) in [6.45, 7) is 1.88. The van der Waals surface area contributed by atoms with Crippen LogP contribution in [0.1, 0.15) is 34.9 Å². The largest absolute Gasteiger partial charge is 0.317 e. The van der Waals surface area contributed by atoms with E-state index in [1.165, 1.54) is 24.3 Å². The lowest BCUT2D eigenvalue weighted by Crippen LogP contribution is -2.27. The molecule has 3 rings (SSSR count). The summed E-state index contributed by atoms with van der Waals surface area (Å²) >= 11 is 0. The molecule has 0 bridgehead atoms. The standard InChI is InChI=1S/C15H18N6O3.ClH/c1-20-15(17-13(19-20)10-6-8-16-9-7-10)18-14(22)11-2-4-12(5-3-11)21(23)24;/h2-5,10,16H,6-9H2,1H3,(H,17,18,19,22);1H. The molecule has 0 aliphatic carbocycles. The van der Waals surface area contributed by atoms with E-state index in [1.54, 1.807) is 11.7 Å². The molecular formula is C15H19ClN6O3. The number of hydrogen-bond donors (Lipinski definition) is 2. The maximum absolute atomic E-state index is 12.3. The molecule has 0 unspecified atom stereocenters. The van der Waals surface area contributed by atoms with Crippen molar-refractivity contribution >= 4 is 29.9 Å². The lowest BCUT2D eigenvalue weighted by molar-refractivity contribution is -0.384. The number of amides is 1. The normalized spacial score (nSPS) is 14.6. The first-order valence-electron chi connectivity index (χ1n) is 7.72. The van der Waals surface area contributed by atoms with Gasteiger partial charge < -0.3 is 5.32 Å². The third-order valence-electron chi connectivity index (χ3n) is 4.05. The Morgan fingerprint density at radius 1 is 1.32 bits per heavy atom. The highest BCUT2D eigenvalue weighted by Gasteiger charge is 2.21. The molecule has 1 aliphatic heterocycles. The van der Waals surface area contributed by atoms with Gasteiger partial charge in [0.15, 0.2) is 5.82 Å². The fraction of sp³-hybridized carbons (Fsp3) is 0.400. The van der Waals surface area contributed by atoms with E-state index in [4.69, 9.17) is 0 Å². The fourth-order valence-electron chi connectivity index (χ4n) is 2.67. The van der Waals surface area contributed by atoms with Crippen LogP contribution in [0.4, 0.5) is 11.6 Å². The summed E-state index contributed by atoms with van der Waals surface area (Å²) in [5.74, 6) is 1.02. The summed E-state index contributed by atoms with van der Waals surface area (Å²) in [7, 11) is 1.73. The van der Waals surface area contributed by atoms with E-state index in [-0.39, 0.29) is 24.0 Å². The zero-order valence-corrected chi connectivity index (χ0v) is 14.5. The van der Waals surface area contributed by atoms with Crippen LogP contribution in [-0.2, 0) is 7.05 Å². The van der Waals surface area contributed by atoms with E-state index in [2.05, 4.69) is 20.7 Å². The Morgan fingerprint density at radius 3 is 2.56 bits per heavy atom. The van der Waals surface area contributed by atoms with E-state index in [9.17, 15) is 14.9 Å². The molecule has 0 atom stereocenters. The van der Waals surface area contributed by atoms with E-state index in [1.807, 2.05) is 0 Å². The van der Waals surface area contributed by atoms with Gasteiger partial charge in [-0.25, -0.2) is 4.68 Å². The van der Waals surface area contributed by atoms with Crippen molar-refractivity contribution in [2.45, 2.75) is 18.8 Å². The highest BCUT2D eigenvalue weighted by Crippen LogP contribution is 2.23. The van der Waals surface area contributed by atoms with Crippen molar-refractivity contribution in [3.05, 3.63) is 45.8 Å². The van der Waals surface area contributed by atoms with Gasteiger partial charge in [-0.3, -0.25) is 20.2 Å². The average molecular weight is 367 g/mol. The summed E-state index contributed by atoms with van der Waals surface area (Å²) in [4.78, 5) is 26.8. The Hall–Kier alpha value is -2.52. The molecule has 2 heterocycles. The van der Waals surface area contributed by atoms with Crippen molar-refractivity contribution < 1.29 is 9.72 Å². The summed E-state index contributed by atoms with van der Waals surface area (Å²) < 4.78 is 1.54. The van der Waals surface area contributed by atoms with Crippen LogP contribution in [0.15, 0.2) is 24.3 Å². The van der Waals surface area contributed by atoms with Gasteiger partial charge in [0.1, 0.15) is 0 Å². The lowest BCUT2D eigenvalue weighted by atomic mass is 9.98.